The summed E-state index contributed by atoms with van der Waals surface area (Å²) in [5, 5.41) is 7.23. The fourth-order valence-corrected chi connectivity index (χ4v) is 2.78. The lowest BCUT2D eigenvalue weighted by Crippen LogP contribution is -2.20. The first-order valence-electron chi connectivity index (χ1n) is 7.74. The van der Waals surface area contributed by atoms with Crippen molar-refractivity contribution >= 4 is 27.9 Å². The van der Waals surface area contributed by atoms with Gasteiger partial charge in [0.25, 0.3) is 5.56 Å². The van der Waals surface area contributed by atoms with Crippen LogP contribution in [-0.2, 0) is 0 Å². The summed E-state index contributed by atoms with van der Waals surface area (Å²) in [6.07, 6.45) is 1.69. The molecule has 0 aliphatic heterocycles. The molecule has 116 valence electrons. The summed E-state index contributed by atoms with van der Waals surface area (Å²) in [5.74, 6) is 0.565. The predicted molar refractivity (Wildman–Crippen MR) is 97.7 cm³/mol. The van der Waals surface area contributed by atoms with Gasteiger partial charge < -0.3 is 0 Å². The van der Waals surface area contributed by atoms with Crippen LogP contribution in [0.1, 0.15) is 11.4 Å². The third kappa shape index (κ3) is 2.48. The van der Waals surface area contributed by atoms with Crippen molar-refractivity contribution in [3.63, 3.8) is 0 Å². The van der Waals surface area contributed by atoms with E-state index < -0.39 is 0 Å². The summed E-state index contributed by atoms with van der Waals surface area (Å²) >= 11 is 0. The molecule has 24 heavy (non-hydrogen) atoms. The number of hydrogen-bond acceptors (Lipinski definition) is 3. The molecule has 0 radical (unpaired) electrons. The van der Waals surface area contributed by atoms with Crippen LogP contribution in [0.5, 0.6) is 0 Å². The van der Waals surface area contributed by atoms with Gasteiger partial charge in [0.05, 0.1) is 17.1 Å². The Bertz CT molecular complexity index is 1140. The fraction of sp³-hybridized carbons (Fsp3) is 0.0500. The van der Waals surface area contributed by atoms with E-state index in [9.17, 15) is 4.79 Å². The Morgan fingerprint density at radius 3 is 2.58 bits per heavy atom. The summed E-state index contributed by atoms with van der Waals surface area (Å²) in [6, 6.07) is 21.5. The molecule has 4 nitrogen and oxygen atoms in total. The van der Waals surface area contributed by atoms with E-state index in [2.05, 4.69) is 22.2 Å². The lowest BCUT2D eigenvalue weighted by molar-refractivity contribution is 0.771. The number of para-hydroxylation sites is 1. The molecule has 4 rings (SSSR count). The third-order valence-electron chi connectivity index (χ3n) is 4.01. The number of rotatable bonds is 2. The smallest absolute Gasteiger partial charge is 0.267 e. The molecule has 1 aromatic heterocycles. The minimum Gasteiger partial charge on any atom is -0.267 e. The zero-order valence-electron chi connectivity index (χ0n) is 13.2. The third-order valence-corrected chi connectivity index (χ3v) is 4.01. The lowest BCUT2D eigenvalue weighted by atomic mass is 10.1. The zero-order valence-corrected chi connectivity index (χ0v) is 13.2. The van der Waals surface area contributed by atoms with Crippen molar-refractivity contribution in [2.45, 2.75) is 6.92 Å². The molecule has 0 N–H and O–H groups in total. The van der Waals surface area contributed by atoms with Gasteiger partial charge in [0, 0.05) is 0 Å². The standard InChI is InChI=1S/C20H15N3O/c1-14-22-19-9-5-4-8-18(19)20(24)23(14)21-13-15-10-11-16-6-2-3-7-17(16)12-15/h2-13H,1H3/b21-13-. The Morgan fingerprint density at radius 1 is 0.958 bits per heavy atom. The van der Waals surface area contributed by atoms with Crippen LogP contribution < -0.4 is 5.56 Å². The minimum absolute atomic E-state index is 0.157. The molecule has 4 aromatic rings. The van der Waals surface area contributed by atoms with Gasteiger partial charge in [-0.1, -0.05) is 48.5 Å². The molecule has 0 unspecified atom stereocenters. The fourth-order valence-electron chi connectivity index (χ4n) is 2.78. The van der Waals surface area contributed by atoms with Crippen molar-refractivity contribution in [2.24, 2.45) is 5.10 Å². The van der Waals surface area contributed by atoms with Gasteiger partial charge in [-0.3, -0.25) is 4.79 Å². The van der Waals surface area contributed by atoms with Gasteiger partial charge in [-0.25, -0.2) is 4.98 Å². The largest absolute Gasteiger partial charge is 0.282 e. The highest BCUT2D eigenvalue weighted by Crippen LogP contribution is 2.14. The first-order valence-corrected chi connectivity index (χ1v) is 7.74. The zero-order chi connectivity index (χ0) is 16.5. The van der Waals surface area contributed by atoms with Crippen LogP contribution >= 0.6 is 0 Å². The van der Waals surface area contributed by atoms with Gasteiger partial charge in [-0.15, -0.1) is 0 Å². The maximum Gasteiger partial charge on any atom is 0.282 e. The quantitative estimate of drug-likeness (QED) is 0.529. The van der Waals surface area contributed by atoms with Crippen LogP contribution in [0.25, 0.3) is 21.7 Å². The molecule has 0 amide bonds. The van der Waals surface area contributed by atoms with Crippen LogP contribution in [0.15, 0.2) is 76.6 Å². The molecule has 0 saturated carbocycles. The molecule has 0 bridgehead atoms. The average molecular weight is 313 g/mol. The number of nitrogens with zero attached hydrogens (tertiary/aromatic N) is 3. The average Bonchev–Trinajstić information content (AvgIpc) is 2.61. The van der Waals surface area contributed by atoms with Gasteiger partial charge in [0.1, 0.15) is 5.82 Å². The van der Waals surface area contributed by atoms with Crippen LogP contribution in [0, 0.1) is 6.92 Å². The molecule has 3 aromatic carbocycles. The van der Waals surface area contributed by atoms with Crippen molar-refractivity contribution < 1.29 is 0 Å². The molecule has 4 heteroatoms. The van der Waals surface area contributed by atoms with E-state index in [1.54, 1.807) is 19.2 Å². The SMILES string of the molecule is Cc1nc2ccccc2c(=O)n1/N=C\c1ccc2ccccc2c1. The van der Waals surface area contributed by atoms with Gasteiger partial charge in [0.15, 0.2) is 0 Å². The van der Waals surface area contributed by atoms with Crippen LogP contribution in [-0.4, -0.2) is 15.9 Å². The van der Waals surface area contributed by atoms with Gasteiger partial charge in [-0.2, -0.15) is 9.78 Å². The molecule has 0 aliphatic rings. The number of benzene rings is 3. The van der Waals surface area contributed by atoms with Crippen molar-refractivity contribution in [3.8, 4) is 0 Å². The van der Waals surface area contributed by atoms with Crippen LogP contribution in [0.4, 0.5) is 0 Å². The second kappa shape index (κ2) is 5.74. The summed E-state index contributed by atoms with van der Waals surface area (Å²) < 4.78 is 1.34. The highest BCUT2D eigenvalue weighted by molar-refractivity contribution is 5.90. The van der Waals surface area contributed by atoms with Crippen molar-refractivity contribution in [1.29, 1.82) is 0 Å². The van der Waals surface area contributed by atoms with Crippen LogP contribution in [0.3, 0.4) is 0 Å². The first kappa shape index (κ1) is 14.3. The van der Waals surface area contributed by atoms with Gasteiger partial charge >= 0.3 is 0 Å². The normalized spacial score (nSPS) is 11.5. The van der Waals surface area contributed by atoms with Gasteiger partial charge in [-0.05, 0) is 41.5 Å². The topological polar surface area (TPSA) is 47.2 Å². The van der Waals surface area contributed by atoms with Crippen molar-refractivity contribution in [3.05, 3.63) is 88.5 Å². The second-order valence-electron chi connectivity index (χ2n) is 5.64. The van der Waals surface area contributed by atoms with Crippen LogP contribution in [0.2, 0.25) is 0 Å². The molecule has 0 aliphatic carbocycles. The minimum atomic E-state index is -0.157. The molecular formula is C20H15N3O. The number of hydrogen-bond donors (Lipinski definition) is 0. The predicted octanol–water partition coefficient (Wildman–Crippen LogP) is 3.74. The Labute approximate surface area is 138 Å². The number of fused-ring (bicyclic) bond motifs is 2. The van der Waals surface area contributed by atoms with Gasteiger partial charge in [0.2, 0.25) is 0 Å². The van der Waals surface area contributed by atoms with E-state index in [1.807, 2.05) is 48.5 Å². The molecule has 0 fully saturated rings. The van der Waals surface area contributed by atoms with E-state index in [4.69, 9.17) is 0 Å². The monoisotopic (exact) mass is 313 g/mol. The Hall–Kier alpha value is -3.27. The molecule has 1 heterocycles. The number of aromatic nitrogens is 2. The van der Waals surface area contributed by atoms with E-state index >= 15 is 0 Å². The number of aryl methyl sites for hydroxylation is 1. The molecule has 0 atom stereocenters. The molecular weight excluding hydrogens is 298 g/mol. The maximum absolute atomic E-state index is 12.6. The highest BCUT2D eigenvalue weighted by atomic mass is 16.1. The summed E-state index contributed by atoms with van der Waals surface area (Å²) in [4.78, 5) is 17.0. The Balaban J connectivity index is 1.80. The van der Waals surface area contributed by atoms with E-state index in [1.165, 1.54) is 10.1 Å². The van der Waals surface area contributed by atoms with E-state index in [-0.39, 0.29) is 5.56 Å². The van der Waals surface area contributed by atoms with Crippen molar-refractivity contribution in [1.82, 2.24) is 9.66 Å². The first-order chi connectivity index (χ1) is 11.7. The van der Waals surface area contributed by atoms with Crippen molar-refractivity contribution in [2.75, 3.05) is 0 Å². The maximum atomic E-state index is 12.6. The summed E-state index contributed by atoms with van der Waals surface area (Å²) in [5.41, 5.74) is 1.47. The summed E-state index contributed by atoms with van der Waals surface area (Å²) in [7, 11) is 0. The summed E-state index contributed by atoms with van der Waals surface area (Å²) in [6.45, 7) is 1.78. The van der Waals surface area contributed by atoms with E-state index in [0.29, 0.717) is 16.7 Å². The Morgan fingerprint density at radius 2 is 1.71 bits per heavy atom. The van der Waals surface area contributed by atoms with E-state index in [0.717, 1.165) is 10.9 Å². The second-order valence-corrected chi connectivity index (χ2v) is 5.64. The molecule has 0 spiro atoms. The Kier molecular flexibility index (Phi) is 3.43. The lowest BCUT2D eigenvalue weighted by Gasteiger charge is -2.05. The highest BCUT2D eigenvalue weighted by Gasteiger charge is 2.06. The molecule has 0 saturated heterocycles.